The lowest BCUT2D eigenvalue weighted by Gasteiger charge is -2.18. The molecule has 0 aliphatic heterocycles. The SMILES string of the molecule is CC.COC(=O)[C@H](Cc1ccc(C2C=C/C(F)=C\C(F)=CC2)cc1)NC(=O)Cc1cc2ccccc2cc1O. The van der Waals surface area contributed by atoms with Gasteiger partial charge in [0, 0.05) is 24.0 Å². The van der Waals surface area contributed by atoms with Crippen molar-refractivity contribution in [1.29, 1.82) is 0 Å². The first-order valence-electron chi connectivity index (χ1n) is 12.9. The van der Waals surface area contributed by atoms with Gasteiger partial charge in [-0.15, -0.1) is 0 Å². The molecule has 1 amide bonds. The van der Waals surface area contributed by atoms with Crippen LogP contribution in [-0.4, -0.2) is 30.1 Å². The van der Waals surface area contributed by atoms with Crippen LogP contribution in [0.2, 0.25) is 0 Å². The number of allylic oxidation sites excluding steroid dienone is 6. The fourth-order valence-electron chi connectivity index (χ4n) is 4.32. The van der Waals surface area contributed by atoms with E-state index in [1.54, 1.807) is 18.2 Å². The molecule has 2 N–H and O–H groups in total. The normalized spacial score (nSPS) is 16.9. The molecule has 39 heavy (non-hydrogen) atoms. The summed E-state index contributed by atoms with van der Waals surface area (Å²) < 4.78 is 32.1. The number of hydrogen-bond donors (Lipinski definition) is 2. The Hall–Kier alpha value is -4.26. The number of esters is 1. The van der Waals surface area contributed by atoms with E-state index in [0.717, 1.165) is 28.0 Å². The summed E-state index contributed by atoms with van der Waals surface area (Å²) >= 11 is 0. The minimum absolute atomic E-state index is 0.00687. The van der Waals surface area contributed by atoms with Gasteiger partial charge in [0.15, 0.2) is 0 Å². The molecule has 5 nitrogen and oxygen atoms in total. The standard InChI is InChI=1S/C30H27F2NO4.C2H6/c1-37-30(36)27(33-29(35)17-24-15-22-4-2-3-5-23(22)16-28(24)34)14-19-6-8-20(9-7-19)21-10-12-25(31)18-26(32)13-11-21;1-2/h2-10,12-13,15-16,18,21,27,34H,11,14,17H2,1H3,(H,33,35);1-2H3/b12-10?,25-18+,26-13?;/t21?,27-;/m0./s1. The number of phenolic OH excluding ortho intramolecular Hbond substituents is 1. The number of methoxy groups -OCH3 is 1. The van der Waals surface area contributed by atoms with E-state index >= 15 is 0 Å². The van der Waals surface area contributed by atoms with E-state index in [4.69, 9.17) is 4.74 Å². The van der Waals surface area contributed by atoms with Crippen LogP contribution in [-0.2, 0) is 27.2 Å². The van der Waals surface area contributed by atoms with Crippen molar-refractivity contribution in [2.75, 3.05) is 7.11 Å². The summed E-state index contributed by atoms with van der Waals surface area (Å²) in [6, 6.07) is 17.2. The predicted octanol–water partition coefficient (Wildman–Crippen LogP) is 6.76. The molecule has 0 fully saturated rings. The molecule has 0 spiro atoms. The minimum atomic E-state index is -0.927. The molecule has 0 radical (unpaired) electrons. The van der Waals surface area contributed by atoms with Crippen LogP contribution in [0.5, 0.6) is 5.75 Å². The van der Waals surface area contributed by atoms with E-state index in [2.05, 4.69) is 5.32 Å². The average Bonchev–Trinajstić information content (AvgIpc) is 2.93. The Kier molecular flexibility index (Phi) is 10.6. The minimum Gasteiger partial charge on any atom is -0.508 e. The molecule has 4 rings (SSSR count). The molecule has 0 heterocycles. The lowest BCUT2D eigenvalue weighted by Crippen LogP contribution is -2.43. The van der Waals surface area contributed by atoms with E-state index in [1.165, 1.54) is 19.3 Å². The number of fused-ring (bicyclic) bond motifs is 1. The zero-order valence-electron chi connectivity index (χ0n) is 22.3. The number of carbonyl (C=O) groups excluding carboxylic acids is 2. The van der Waals surface area contributed by atoms with Gasteiger partial charge in [0.25, 0.3) is 0 Å². The molecule has 0 saturated heterocycles. The predicted molar refractivity (Wildman–Crippen MR) is 150 cm³/mol. The Morgan fingerprint density at radius 3 is 2.36 bits per heavy atom. The van der Waals surface area contributed by atoms with Gasteiger partial charge in [-0.25, -0.2) is 13.6 Å². The second kappa shape index (κ2) is 14.0. The van der Waals surface area contributed by atoms with E-state index in [-0.39, 0.29) is 24.5 Å². The molecule has 0 bridgehead atoms. The monoisotopic (exact) mass is 533 g/mol. The Labute approximate surface area is 227 Å². The Morgan fingerprint density at radius 2 is 1.69 bits per heavy atom. The van der Waals surface area contributed by atoms with Gasteiger partial charge >= 0.3 is 5.97 Å². The number of benzene rings is 3. The summed E-state index contributed by atoms with van der Waals surface area (Å²) in [5.41, 5.74) is 2.09. The number of amides is 1. The van der Waals surface area contributed by atoms with Crippen molar-refractivity contribution < 1.29 is 28.2 Å². The number of phenols is 1. The highest BCUT2D eigenvalue weighted by atomic mass is 19.1. The van der Waals surface area contributed by atoms with Crippen molar-refractivity contribution in [3.05, 3.63) is 113 Å². The van der Waals surface area contributed by atoms with Crippen LogP contribution in [0, 0.1) is 0 Å². The van der Waals surface area contributed by atoms with Crippen LogP contribution in [0.3, 0.4) is 0 Å². The lowest BCUT2D eigenvalue weighted by molar-refractivity contribution is -0.145. The average molecular weight is 534 g/mol. The number of rotatable bonds is 7. The van der Waals surface area contributed by atoms with Crippen LogP contribution in [0.4, 0.5) is 8.78 Å². The molecule has 1 unspecified atom stereocenters. The van der Waals surface area contributed by atoms with E-state index in [1.807, 2.05) is 62.4 Å². The number of aromatic hydroxyl groups is 1. The maximum Gasteiger partial charge on any atom is 0.328 e. The summed E-state index contributed by atoms with van der Waals surface area (Å²) in [5.74, 6) is -2.48. The first-order valence-corrected chi connectivity index (χ1v) is 12.9. The van der Waals surface area contributed by atoms with E-state index in [9.17, 15) is 23.5 Å². The van der Waals surface area contributed by atoms with Gasteiger partial charge in [-0.05, 0) is 52.6 Å². The topological polar surface area (TPSA) is 75.6 Å². The maximum absolute atomic E-state index is 13.6. The highest BCUT2D eigenvalue weighted by Crippen LogP contribution is 2.27. The number of halogens is 2. The quantitative estimate of drug-likeness (QED) is 0.329. The third kappa shape index (κ3) is 8.11. The van der Waals surface area contributed by atoms with Crippen molar-refractivity contribution in [3.63, 3.8) is 0 Å². The maximum atomic E-state index is 13.6. The molecule has 3 aromatic carbocycles. The highest BCUT2D eigenvalue weighted by Gasteiger charge is 2.23. The summed E-state index contributed by atoms with van der Waals surface area (Å²) in [7, 11) is 1.25. The summed E-state index contributed by atoms with van der Waals surface area (Å²) in [6.07, 6.45) is 5.59. The zero-order valence-corrected chi connectivity index (χ0v) is 22.3. The van der Waals surface area contributed by atoms with Gasteiger partial charge in [-0.3, -0.25) is 4.79 Å². The van der Waals surface area contributed by atoms with E-state index < -0.39 is 29.6 Å². The smallest absolute Gasteiger partial charge is 0.328 e. The zero-order chi connectivity index (χ0) is 28.4. The number of hydrogen-bond acceptors (Lipinski definition) is 4. The summed E-state index contributed by atoms with van der Waals surface area (Å²) in [5, 5.41) is 14.8. The second-order valence-corrected chi connectivity index (χ2v) is 8.91. The summed E-state index contributed by atoms with van der Waals surface area (Å²) in [4.78, 5) is 25.2. The van der Waals surface area contributed by atoms with Gasteiger partial charge < -0.3 is 15.2 Å². The number of nitrogens with one attached hydrogen (secondary N) is 1. The van der Waals surface area contributed by atoms with Crippen LogP contribution in [0.1, 0.15) is 42.9 Å². The molecule has 3 aromatic rings. The molecule has 1 aliphatic rings. The Balaban J connectivity index is 0.00000205. The Bertz CT molecular complexity index is 1390. The van der Waals surface area contributed by atoms with Gasteiger partial charge in [0.05, 0.1) is 13.5 Å². The molecule has 2 atom stereocenters. The lowest BCUT2D eigenvalue weighted by atomic mass is 9.92. The van der Waals surface area contributed by atoms with Crippen LogP contribution < -0.4 is 5.32 Å². The van der Waals surface area contributed by atoms with Gasteiger partial charge in [-0.2, -0.15) is 0 Å². The van der Waals surface area contributed by atoms with Crippen molar-refractivity contribution >= 4 is 22.6 Å². The van der Waals surface area contributed by atoms with Crippen molar-refractivity contribution in [3.8, 4) is 5.75 Å². The molecule has 204 valence electrons. The first-order chi connectivity index (χ1) is 18.8. The molecular weight excluding hydrogens is 500 g/mol. The largest absolute Gasteiger partial charge is 0.508 e. The van der Waals surface area contributed by atoms with Crippen molar-refractivity contribution in [2.24, 2.45) is 0 Å². The van der Waals surface area contributed by atoms with Crippen molar-refractivity contribution in [2.45, 2.75) is 45.1 Å². The first kappa shape index (κ1) is 29.3. The van der Waals surface area contributed by atoms with Crippen LogP contribution in [0.25, 0.3) is 10.8 Å². The molecular formula is C32H33F2NO4. The van der Waals surface area contributed by atoms with Gasteiger partial charge in [-0.1, -0.05) is 68.5 Å². The molecule has 1 aliphatic carbocycles. The van der Waals surface area contributed by atoms with Gasteiger partial charge in [0.1, 0.15) is 23.4 Å². The second-order valence-electron chi connectivity index (χ2n) is 8.91. The molecule has 0 saturated carbocycles. The molecule has 7 heteroatoms. The van der Waals surface area contributed by atoms with E-state index in [0.29, 0.717) is 12.0 Å². The third-order valence-electron chi connectivity index (χ3n) is 6.30. The third-order valence-corrected chi connectivity index (χ3v) is 6.30. The number of ether oxygens (including phenoxy) is 1. The number of carbonyl (C=O) groups is 2. The van der Waals surface area contributed by atoms with Crippen LogP contribution >= 0.6 is 0 Å². The fourth-order valence-corrected chi connectivity index (χ4v) is 4.32. The van der Waals surface area contributed by atoms with Crippen LogP contribution in [0.15, 0.2) is 96.6 Å². The van der Waals surface area contributed by atoms with Crippen molar-refractivity contribution in [1.82, 2.24) is 5.32 Å². The summed E-state index contributed by atoms with van der Waals surface area (Å²) in [6.45, 7) is 4.00. The fraction of sp³-hybridized carbons (Fsp3) is 0.250. The van der Waals surface area contributed by atoms with Gasteiger partial charge in [0.2, 0.25) is 5.91 Å². The molecule has 0 aromatic heterocycles. The highest BCUT2D eigenvalue weighted by molar-refractivity contribution is 5.89. The Morgan fingerprint density at radius 1 is 1.03 bits per heavy atom.